The molecular weight excluding hydrogens is 188 g/mol. The molecule has 0 aliphatic rings. The summed E-state index contributed by atoms with van der Waals surface area (Å²) in [6, 6.07) is 13.9. The van der Waals surface area contributed by atoms with Crippen LogP contribution in [0.1, 0.15) is 8.35 Å². The fourth-order valence-electron chi connectivity index (χ4n) is 1.44. The van der Waals surface area contributed by atoms with Crippen molar-refractivity contribution in [1.29, 1.82) is 0 Å². The van der Waals surface area contributed by atoms with Gasteiger partial charge in [-0.1, -0.05) is 30.3 Å². The molecule has 15 heavy (non-hydrogen) atoms. The summed E-state index contributed by atoms with van der Waals surface area (Å²) in [6.07, 6.45) is 0. The summed E-state index contributed by atoms with van der Waals surface area (Å²) in [4.78, 5) is 10.8. The average Bonchev–Trinajstić information content (AvgIpc) is 2.26. The molecule has 0 N–H and O–H groups in total. The van der Waals surface area contributed by atoms with E-state index in [1.807, 2.05) is 42.5 Å². The van der Waals surface area contributed by atoms with E-state index in [1.165, 1.54) is 12.3 Å². The lowest BCUT2D eigenvalue weighted by Crippen LogP contribution is -2.06. The maximum atomic E-state index is 10.8. The summed E-state index contributed by atoms with van der Waals surface area (Å²) in [5.74, 6) is 0.770. The van der Waals surface area contributed by atoms with Gasteiger partial charge in [-0.25, -0.2) is 0 Å². The Morgan fingerprint density at radius 2 is 1.93 bits per heavy atom. The zero-order valence-electron chi connectivity index (χ0n) is 8.57. The quantitative estimate of drug-likeness (QED) is 0.764. The second-order valence-electron chi connectivity index (χ2n) is 3.50. The molecule has 0 heterocycles. The second kappa shape index (κ2) is 4.13. The van der Waals surface area contributed by atoms with Crippen LogP contribution in [0.2, 0.25) is 0 Å². The average molecular weight is 202 g/mol. The SMILES string of the molecule is CC(=O)COc1ccc2ccccc2c1.[HH]. The number of Topliss-reactive ketones (excluding diaryl/α,β-unsaturated/α-hetero) is 1. The smallest absolute Gasteiger partial charge is 0.167 e. The molecule has 0 radical (unpaired) electrons. The lowest BCUT2D eigenvalue weighted by molar-refractivity contribution is -0.118. The van der Waals surface area contributed by atoms with Gasteiger partial charge >= 0.3 is 0 Å². The highest BCUT2D eigenvalue weighted by atomic mass is 16.5. The van der Waals surface area contributed by atoms with E-state index >= 15 is 0 Å². The van der Waals surface area contributed by atoms with Crippen molar-refractivity contribution < 1.29 is 11.0 Å². The zero-order chi connectivity index (χ0) is 10.7. The van der Waals surface area contributed by atoms with Crippen LogP contribution in [0.4, 0.5) is 0 Å². The summed E-state index contributed by atoms with van der Waals surface area (Å²) in [6.45, 7) is 1.65. The fraction of sp³-hybridized carbons (Fsp3) is 0.154. The minimum absolute atomic E-state index is 0. The van der Waals surface area contributed by atoms with Crippen molar-refractivity contribution in [2.24, 2.45) is 0 Å². The Bertz CT molecular complexity index is 494. The van der Waals surface area contributed by atoms with Gasteiger partial charge in [0.15, 0.2) is 5.78 Å². The first-order valence-corrected chi connectivity index (χ1v) is 4.87. The number of benzene rings is 2. The van der Waals surface area contributed by atoms with Gasteiger partial charge in [-0.15, -0.1) is 0 Å². The lowest BCUT2D eigenvalue weighted by atomic mass is 10.1. The van der Waals surface area contributed by atoms with Crippen molar-refractivity contribution in [3.05, 3.63) is 42.5 Å². The van der Waals surface area contributed by atoms with Gasteiger partial charge in [-0.05, 0) is 29.8 Å². The molecule has 0 aliphatic carbocycles. The molecule has 0 aromatic heterocycles. The van der Waals surface area contributed by atoms with Crippen LogP contribution in [0, 0.1) is 0 Å². The van der Waals surface area contributed by atoms with E-state index in [4.69, 9.17) is 4.74 Å². The maximum Gasteiger partial charge on any atom is 0.167 e. The number of ketones is 1. The Morgan fingerprint density at radius 3 is 2.67 bits per heavy atom. The molecule has 0 amide bonds. The van der Waals surface area contributed by atoms with E-state index in [2.05, 4.69) is 0 Å². The highest BCUT2D eigenvalue weighted by Crippen LogP contribution is 2.20. The van der Waals surface area contributed by atoms with E-state index in [0.717, 1.165) is 11.1 Å². The third-order valence-electron chi connectivity index (χ3n) is 2.16. The minimum Gasteiger partial charge on any atom is -0.486 e. The van der Waals surface area contributed by atoms with Crippen LogP contribution in [0.25, 0.3) is 10.8 Å². The molecule has 0 atom stereocenters. The molecule has 0 saturated carbocycles. The Balaban J connectivity index is 0.00000128. The van der Waals surface area contributed by atoms with Crippen molar-refractivity contribution >= 4 is 16.6 Å². The van der Waals surface area contributed by atoms with Gasteiger partial charge in [0, 0.05) is 1.43 Å². The molecular formula is C13H14O2. The van der Waals surface area contributed by atoms with Crippen LogP contribution >= 0.6 is 0 Å². The van der Waals surface area contributed by atoms with Crippen LogP contribution in [0.5, 0.6) is 5.75 Å². The number of hydrogen-bond donors (Lipinski definition) is 0. The monoisotopic (exact) mass is 202 g/mol. The first kappa shape index (κ1) is 9.71. The molecule has 2 aromatic carbocycles. The van der Waals surface area contributed by atoms with Crippen LogP contribution in [-0.2, 0) is 4.79 Å². The van der Waals surface area contributed by atoms with Crippen LogP contribution in [0.3, 0.4) is 0 Å². The number of carbonyl (C=O) groups is 1. The Labute approximate surface area is 90.0 Å². The van der Waals surface area contributed by atoms with Gasteiger partial charge in [0.1, 0.15) is 12.4 Å². The molecule has 0 fully saturated rings. The summed E-state index contributed by atoms with van der Waals surface area (Å²) >= 11 is 0. The summed E-state index contributed by atoms with van der Waals surface area (Å²) in [5, 5.41) is 2.30. The summed E-state index contributed by atoms with van der Waals surface area (Å²) in [5.41, 5.74) is 0. The third-order valence-corrected chi connectivity index (χ3v) is 2.16. The number of rotatable bonds is 3. The van der Waals surface area contributed by atoms with Crippen molar-refractivity contribution in [3.63, 3.8) is 0 Å². The Morgan fingerprint density at radius 1 is 1.20 bits per heavy atom. The number of fused-ring (bicyclic) bond motifs is 1. The largest absolute Gasteiger partial charge is 0.486 e. The van der Waals surface area contributed by atoms with Crippen molar-refractivity contribution in [1.82, 2.24) is 0 Å². The molecule has 0 aliphatic heterocycles. The lowest BCUT2D eigenvalue weighted by Gasteiger charge is -2.04. The van der Waals surface area contributed by atoms with Crippen LogP contribution in [0.15, 0.2) is 42.5 Å². The highest BCUT2D eigenvalue weighted by Gasteiger charge is 1.98. The van der Waals surface area contributed by atoms with Crippen molar-refractivity contribution in [2.75, 3.05) is 6.61 Å². The topological polar surface area (TPSA) is 26.3 Å². The normalized spacial score (nSPS) is 10.2. The molecule has 0 saturated heterocycles. The van der Waals surface area contributed by atoms with Gasteiger partial charge in [0.25, 0.3) is 0 Å². The predicted octanol–water partition coefficient (Wildman–Crippen LogP) is 3.05. The zero-order valence-corrected chi connectivity index (χ0v) is 8.57. The molecule has 78 valence electrons. The number of carbonyl (C=O) groups excluding carboxylic acids is 1. The first-order valence-electron chi connectivity index (χ1n) is 4.87. The van der Waals surface area contributed by atoms with Crippen molar-refractivity contribution in [3.8, 4) is 5.75 Å². The number of ether oxygens (including phenoxy) is 1. The van der Waals surface area contributed by atoms with Gasteiger partial charge < -0.3 is 4.74 Å². The summed E-state index contributed by atoms with van der Waals surface area (Å²) < 4.78 is 5.33. The molecule has 2 aromatic rings. The highest BCUT2D eigenvalue weighted by molar-refractivity contribution is 5.84. The maximum absolute atomic E-state index is 10.8. The van der Waals surface area contributed by atoms with Crippen molar-refractivity contribution in [2.45, 2.75) is 6.92 Å². The van der Waals surface area contributed by atoms with Gasteiger partial charge in [-0.3, -0.25) is 4.79 Å². The van der Waals surface area contributed by atoms with Crippen LogP contribution < -0.4 is 4.74 Å². The van der Waals surface area contributed by atoms with E-state index in [1.54, 1.807) is 0 Å². The fourth-order valence-corrected chi connectivity index (χ4v) is 1.44. The third kappa shape index (κ3) is 2.34. The van der Waals surface area contributed by atoms with Gasteiger partial charge in [0.2, 0.25) is 0 Å². The number of hydrogen-bond acceptors (Lipinski definition) is 2. The molecule has 2 nitrogen and oxygen atoms in total. The van der Waals surface area contributed by atoms with E-state index in [-0.39, 0.29) is 13.8 Å². The molecule has 0 unspecified atom stereocenters. The predicted molar refractivity (Wildman–Crippen MR) is 62.2 cm³/mol. The molecule has 0 spiro atoms. The Kier molecular flexibility index (Phi) is 2.68. The first-order chi connectivity index (χ1) is 7.25. The van der Waals surface area contributed by atoms with E-state index in [0.29, 0.717) is 0 Å². The second-order valence-corrected chi connectivity index (χ2v) is 3.50. The summed E-state index contributed by atoms with van der Waals surface area (Å²) in [7, 11) is 0. The standard InChI is InChI=1S/C13H12O2.H2/c1-10(14)9-15-13-7-6-11-4-2-3-5-12(11)8-13;/h2-8H,9H2,1H3;1H. The van der Waals surface area contributed by atoms with E-state index < -0.39 is 0 Å². The Hall–Kier alpha value is -1.83. The van der Waals surface area contributed by atoms with Gasteiger partial charge in [-0.2, -0.15) is 0 Å². The molecule has 2 heteroatoms. The van der Waals surface area contributed by atoms with E-state index in [9.17, 15) is 4.79 Å². The van der Waals surface area contributed by atoms with Gasteiger partial charge in [0.05, 0.1) is 0 Å². The molecule has 2 rings (SSSR count). The minimum atomic E-state index is 0. The molecule has 0 bridgehead atoms. The van der Waals surface area contributed by atoms with Crippen LogP contribution in [-0.4, -0.2) is 12.4 Å².